The third kappa shape index (κ3) is 4.22. The van der Waals surface area contributed by atoms with Gasteiger partial charge in [-0.25, -0.2) is 0 Å². The molecule has 98 valence electrons. The van der Waals surface area contributed by atoms with Crippen LogP contribution in [-0.4, -0.2) is 18.6 Å². The van der Waals surface area contributed by atoms with Gasteiger partial charge in [0.15, 0.2) is 6.10 Å². The predicted octanol–water partition coefficient (Wildman–Crippen LogP) is 1.78. The van der Waals surface area contributed by atoms with Gasteiger partial charge in [0, 0.05) is 12.6 Å². The van der Waals surface area contributed by atoms with E-state index in [0.29, 0.717) is 12.3 Å². The molecule has 0 fully saturated rings. The molecule has 0 heterocycles. The van der Waals surface area contributed by atoms with Crippen LogP contribution in [0.2, 0.25) is 0 Å². The van der Waals surface area contributed by atoms with Gasteiger partial charge < -0.3 is 15.8 Å². The van der Waals surface area contributed by atoms with Gasteiger partial charge in [-0.1, -0.05) is 18.2 Å². The molecule has 0 aliphatic carbocycles. The zero-order chi connectivity index (χ0) is 13.5. The summed E-state index contributed by atoms with van der Waals surface area (Å²) in [6, 6.07) is 7.39. The molecule has 18 heavy (non-hydrogen) atoms. The fraction of sp³-hybridized carbons (Fsp3) is 0.357. The van der Waals surface area contributed by atoms with Gasteiger partial charge in [-0.3, -0.25) is 4.79 Å². The first-order chi connectivity index (χ1) is 8.54. The highest BCUT2D eigenvalue weighted by Crippen LogP contribution is 2.18. The predicted molar refractivity (Wildman–Crippen MR) is 72.3 cm³/mol. The van der Waals surface area contributed by atoms with E-state index in [2.05, 4.69) is 11.9 Å². The number of carbonyl (C=O) groups is 1. The SMILES string of the molecule is C=CCNC(=O)C(C)Oc1cccc([C@@H](C)N)c1. The van der Waals surface area contributed by atoms with Crippen molar-refractivity contribution in [3.8, 4) is 5.75 Å². The summed E-state index contributed by atoms with van der Waals surface area (Å²) in [5.74, 6) is 0.479. The molecule has 1 amide bonds. The Morgan fingerprint density at radius 3 is 2.89 bits per heavy atom. The Morgan fingerprint density at radius 2 is 2.28 bits per heavy atom. The average molecular weight is 248 g/mol. The van der Waals surface area contributed by atoms with Gasteiger partial charge in [0.2, 0.25) is 0 Å². The van der Waals surface area contributed by atoms with Crippen LogP contribution in [0.4, 0.5) is 0 Å². The summed E-state index contributed by atoms with van der Waals surface area (Å²) >= 11 is 0. The maximum absolute atomic E-state index is 11.6. The molecule has 1 rings (SSSR count). The van der Waals surface area contributed by atoms with Crippen LogP contribution in [0.5, 0.6) is 5.75 Å². The van der Waals surface area contributed by atoms with E-state index in [1.807, 2.05) is 31.2 Å². The van der Waals surface area contributed by atoms with Crippen LogP contribution in [0.1, 0.15) is 25.5 Å². The maximum Gasteiger partial charge on any atom is 0.261 e. The first kappa shape index (κ1) is 14.3. The number of hydrogen-bond acceptors (Lipinski definition) is 3. The molecule has 3 N–H and O–H groups in total. The Bertz CT molecular complexity index is 416. The molecule has 0 saturated carbocycles. The largest absolute Gasteiger partial charge is 0.481 e. The van der Waals surface area contributed by atoms with Crippen LogP contribution in [-0.2, 0) is 4.79 Å². The molecule has 4 heteroatoms. The molecule has 0 aliphatic rings. The van der Waals surface area contributed by atoms with Gasteiger partial charge in [0.1, 0.15) is 5.75 Å². The molecular weight excluding hydrogens is 228 g/mol. The van der Waals surface area contributed by atoms with Crippen molar-refractivity contribution in [2.24, 2.45) is 5.73 Å². The normalized spacial score (nSPS) is 13.5. The van der Waals surface area contributed by atoms with E-state index in [1.165, 1.54) is 0 Å². The van der Waals surface area contributed by atoms with Gasteiger partial charge in [0.05, 0.1) is 0 Å². The second-order valence-corrected chi connectivity index (χ2v) is 4.16. The van der Waals surface area contributed by atoms with Crippen molar-refractivity contribution in [2.75, 3.05) is 6.54 Å². The lowest BCUT2D eigenvalue weighted by Crippen LogP contribution is -2.36. The van der Waals surface area contributed by atoms with Crippen LogP contribution in [0.3, 0.4) is 0 Å². The smallest absolute Gasteiger partial charge is 0.261 e. The Morgan fingerprint density at radius 1 is 1.56 bits per heavy atom. The molecule has 0 aliphatic heterocycles. The molecule has 0 radical (unpaired) electrons. The first-order valence-electron chi connectivity index (χ1n) is 5.95. The van der Waals surface area contributed by atoms with E-state index in [1.54, 1.807) is 13.0 Å². The Hall–Kier alpha value is -1.81. The molecule has 1 aromatic rings. The van der Waals surface area contributed by atoms with E-state index >= 15 is 0 Å². The lowest BCUT2D eigenvalue weighted by Gasteiger charge is -2.15. The van der Waals surface area contributed by atoms with Crippen LogP contribution in [0, 0.1) is 0 Å². The standard InChI is InChI=1S/C14H20N2O2/c1-4-8-16-14(17)11(3)18-13-7-5-6-12(9-13)10(2)15/h4-7,9-11H,1,8,15H2,2-3H3,(H,16,17)/t10-,11?/m1/s1. The highest BCUT2D eigenvalue weighted by molar-refractivity contribution is 5.80. The van der Waals surface area contributed by atoms with Crippen molar-refractivity contribution < 1.29 is 9.53 Å². The van der Waals surface area contributed by atoms with Gasteiger partial charge in [0.25, 0.3) is 5.91 Å². The number of rotatable bonds is 6. The minimum Gasteiger partial charge on any atom is -0.481 e. The Kier molecular flexibility index (Phi) is 5.39. The second-order valence-electron chi connectivity index (χ2n) is 4.16. The highest BCUT2D eigenvalue weighted by atomic mass is 16.5. The Labute approximate surface area is 108 Å². The fourth-order valence-electron chi connectivity index (χ4n) is 1.45. The summed E-state index contributed by atoms with van der Waals surface area (Å²) in [5.41, 5.74) is 6.77. The van der Waals surface area contributed by atoms with Gasteiger partial charge >= 0.3 is 0 Å². The monoisotopic (exact) mass is 248 g/mol. The zero-order valence-corrected chi connectivity index (χ0v) is 10.8. The fourth-order valence-corrected chi connectivity index (χ4v) is 1.45. The molecule has 4 nitrogen and oxygen atoms in total. The van der Waals surface area contributed by atoms with Gasteiger partial charge in [-0.05, 0) is 31.5 Å². The van der Waals surface area contributed by atoms with E-state index in [0.717, 1.165) is 5.56 Å². The quantitative estimate of drug-likeness (QED) is 0.754. The van der Waals surface area contributed by atoms with Crippen molar-refractivity contribution in [2.45, 2.75) is 26.0 Å². The average Bonchev–Trinajstić information content (AvgIpc) is 2.36. The number of carbonyl (C=O) groups excluding carboxylic acids is 1. The summed E-state index contributed by atoms with van der Waals surface area (Å²) < 4.78 is 5.56. The zero-order valence-electron chi connectivity index (χ0n) is 10.8. The first-order valence-corrected chi connectivity index (χ1v) is 5.95. The lowest BCUT2D eigenvalue weighted by molar-refractivity contribution is -0.127. The van der Waals surface area contributed by atoms with Crippen LogP contribution >= 0.6 is 0 Å². The van der Waals surface area contributed by atoms with Crippen molar-refractivity contribution in [3.05, 3.63) is 42.5 Å². The molecule has 0 bridgehead atoms. The number of nitrogens with one attached hydrogen (secondary N) is 1. The molecule has 1 unspecified atom stereocenters. The summed E-state index contributed by atoms with van der Waals surface area (Å²) in [5, 5.41) is 2.68. The number of ether oxygens (including phenoxy) is 1. The van der Waals surface area contributed by atoms with E-state index in [-0.39, 0.29) is 11.9 Å². The van der Waals surface area contributed by atoms with Crippen LogP contribution < -0.4 is 15.8 Å². The van der Waals surface area contributed by atoms with Crippen molar-refractivity contribution in [1.29, 1.82) is 0 Å². The number of hydrogen-bond donors (Lipinski definition) is 2. The summed E-state index contributed by atoms with van der Waals surface area (Å²) in [6.07, 6.45) is 1.08. The highest BCUT2D eigenvalue weighted by Gasteiger charge is 2.13. The molecule has 1 aromatic carbocycles. The summed E-state index contributed by atoms with van der Waals surface area (Å²) in [7, 11) is 0. The lowest BCUT2D eigenvalue weighted by atomic mass is 10.1. The molecule has 0 saturated heterocycles. The molecule has 2 atom stereocenters. The van der Waals surface area contributed by atoms with E-state index < -0.39 is 6.10 Å². The maximum atomic E-state index is 11.6. The number of benzene rings is 1. The topological polar surface area (TPSA) is 64.3 Å². The minimum absolute atomic E-state index is 0.0570. The van der Waals surface area contributed by atoms with Crippen LogP contribution in [0.15, 0.2) is 36.9 Å². The van der Waals surface area contributed by atoms with E-state index in [9.17, 15) is 4.79 Å². The summed E-state index contributed by atoms with van der Waals surface area (Å²) in [4.78, 5) is 11.6. The van der Waals surface area contributed by atoms with Crippen molar-refractivity contribution in [1.82, 2.24) is 5.32 Å². The second kappa shape index (κ2) is 6.81. The van der Waals surface area contributed by atoms with Crippen molar-refractivity contribution in [3.63, 3.8) is 0 Å². The van der Waals surface area contributed by atoms with Gasteiger partial charge in [-0.15, -0.1) is 6.58 Å². The Balaban J connectivity index is 2.63. The van der Waals surface area contributed by atoms with Gasteiger partial charge in [-0.2, -0.15) is 0 Å². The van der Waals surface area contributed by atoms with Crippen molar-refractivity contribution >= 4 is 5.91 Å². The third-order valence-corrected chi connectivity index (χ3v) is 2.49. The van der Waals surface area contributed by atoms with E-state index in [4.69, 9.17) is 10.5 Å². The number of amides is 1. The third-order valence-electron chi connectivity index (χ3n) is 2.49. The molecule has 0 spiro atoms. The molecule has 0 aromatic heterocycles. The number of nitrogens with two attached hydrogens (primary N) is 1. The van der Waals surface area contributed by atoms with Crippen LogP contribution in [0.25, 0.3) is 0 Å². The summed E-state index contributed by atoms with van der Waals surface area (Å²) in [6.45, 7) is 7.58. The molecular formula is C14H20N2O2. The minimum atomic E-state index is -0.548.